The highest BCUT2D eigenvalue weighted by atomic mass is 16.2. The summed E-state index contributed by atoms with van der Waals surface area (Å²) in [5.74, 6) is -0.118. The molecule has 1 aromatic rings. The summed E-state index contributed by atoms with van der Waals surface area (Å²) in [5, 5.41) is 8.30. The number of hydrogen-bond donors (Lipinski definition) is 2. The smallest absolute Gasteiger partial charge is 0.308 e. The number of carbonyl (C=O) groups is 2. The Hall–Kier alpha value is -2.53. The van der Waals surface area contributed by atoms with Crippen LogP contribution in [0.5, 0.6) is 0 Å². The number of benzene rings is 1. The van der Waals surface area contributed by atoms with E-state index >= 15 is 0 Å². The quantitative estimate of drug-likeness (QED) is 0.487. The van der Waals surface area contributed by atoms with Crippen molar-refractivity contribution in [2.45, 2.75) is 24.9 Å². The van der Waals surface area contributed by atoms with E-state index in [1.165, 1.54) is 0 Å². The second-order valence-corrected chi connectivity index (χ2v) is 4.31. The number of amides is 3. The Kier molecular flexibility index (Phi) is 4.00. The summed E-state index contributed by atoms with van der Waals surface area (Å²) in [6.45, 7) is 0. The highest BCUT2D eigenvalue weighted by Crippen LogP contribution is 2.14. The highest BCUT2D eigenvalue weighted by Gasteiger charge is 2.33. The van der Waals surface area contributed by atoms with E-state index in [-0.39, 0.29) is 24.4 Å². The SMILES string of the molecule is [N-]=[N+]=NC(=O)N[C@@H]1CC(=O)N[C@H]1Cc1ccccc1. The van der Waals surface area contributed by atoms with Gasteiger partial charge in [0.15, 0.2) is 0 Å². The zero-order chi connectivity index (χ0) is 13.7. The highest BCUT2D eigenvalue weighted by molar-refractivity contribution is 5.82. The van der Waals surface area contributed by atoms with Crippen LogP contribution in [0.1, 0.15) is 12.0 Å². The summed E-state index contributed by atoms with van der Waals surface area (Å²) in [6.07, 6.45) is 0.817. The molecule has 2 rings (SSSR count). The van der Waals surface area contributed by atoms with Crippen LogP contribution in [0.3, 0.4) is 0 Å². The zero-order valence-corrected chi connectivity index (χ0v) is 10.1. The first kappa shape index (κ1) is 12.9. The fraction of sp³-hybridized carbons (Fsp3) is 0.333. The molecule has 1 aromatic carbocycles. The molecule has 0 spiro atoms. The minimum absolute atomic E-state index is 0.118. The van der Waals surface area contributed by atoms with E-state index in [2.05, 4.69) is 20.7 Å². The number of carbonyl (C=O) groups excluding carboxylic acids is 2. The van der Waals surface area contributed by atoms with E-state index in [0.717, 1.165) is 5.56 Å². The molecule has 1 aliphatic heterocycles. The summed E-state index contributed by atoms with van der Waals surface area (Å²) in [7, 11) is 0. The summed E-state index contributed by atoms with van der Waals surface area (Å²) in [4.78, 5) is 25.1. The molecule has 1 saturated heterocycles. The van der Waals surface area contributed by atoms with Gasteiger partial charge in [0.25, 0.3) is 0 Å². The number of hydrogen-bond acceptors (Lipinski definition) is 2. The number of nitrogens with zero attached hydrogens (tertiary/aromatic N) is 3. The van der Waals surface area contributed by atoms with Crippen LogP contribution < -0.4 is 10.6 Å². The fourth-order valence-electron chi connectivity index (χ4n) is 2.15. The molecule has 0 radical (unpaired) electrons. The minimum Gasteiger partial charge on any atom is -0.351 e. The van der Waals surface area contributed by atoms with Crippen molar-refractivity contribution in [1.82, 2.24) is 10.6 Å². The number of nitrogens with one attached hydrogen (secondary N) is 2. The molecular weight excluding hydrogens is 246 g/mol. The van der Waals surface area contributed by atoms with Crippen LogP contribution in [0, 0.1) is 0 Å². The van der Waals surface area contributed by atoms with Crippen LogP contribution in [0.25, 0.3) is 10.4 Å². The first-order chi connectivity index (χ1) is 9.19. The van der Waals surface area contributed by atoms with Gasteiger partial charge in [-0.2, -0.15) is 0 Å². The fourth-order valence-corrected chi connectivity index (χ4v) is 2.15. The first-order valence-corrected chi connectivity index (χ1v) is 5.88. The Morgan fingerprint density at radius 3 is 2.89 bits per heavy atom. The van der Waals surface area contributed by atoms with Crippen LogP contribution in [0.2, 0.25) is 0 Å². The zero-order valence-electron chi connectivity index (χ0n) is 10.1. The lowest BCUT2D eigenvalue weighted by molar-refractivity contribution is -0.119. The van der Waals surface area contributed by atoms with Crippen LogP contribution in [-0.2, 0) is 11.2 Å². The van der Waals surface area contributed by atoms with E-state index in [1.807, 2.05) is 30.3 Å². The van der Waals surface area contributed by atoms with Crippen molar-refractivity contribution in [3.05, 3.63) is 46.3 Å². The molecule has 3 amide bonds. The standard InChI is InChI=1S/C12H13N5O2/c13-17-16-12(19)15-10-7-11(18)14-9(10)6-8-4-2-1-3-5-8/h1-5,9-10H,6-7H2,(H,14,18)(H,15,19)/t9-,10+/m0/s1. The first-order valence-electron chi connectivity index (χ1n) is 5.88. The Labute approximate surface area is 109 Å². The molecule has 7 nitrogen and oxygen atoms in total. The number of rotatable bonds is 3. The predicted octanol–water partition coefficient (Wildman–Crippen LogP) is 1.51. The third kappa shape index (κ3) is 3.46. The lowest BCUT2D eigenvalue weighted by Crippen LogP contribution is -2.43. The molecular formula is C12H13N5O2. The normalized spacial score (nSPS) is 21.4. The average Bonchev–Trinajstić information content (AvgIpc) is 2.71. The molecule has 19 heavy (non-hydrogen) atoms. The van der Waals surface area contributed by atoms with E-state index < -0.39 is 6.03 Å². The van der Waals surface area contributed by atoms with Crippen molar-refractivity contribution in [2.75, 3.05) is 0 Å². The largest absolute Gasteiger partial charge is 0.351 e. The molecule has 2 N–H and O–H groups in total. The number of azide groups is 1. The van der Waals surface area contributed by atoms with E-state index in [9.17, 15) is 9.59 Å². The van der Waals surface area contributed by atoms with Gasteiger partial charge in [-0.05, 0) is 17.5 Å². The van der Waals surface area contributed by atoms with Gasteiger partial charge in [0.2, 0.25) is 5.91 Å². The van der Waals surface area contributed by atoms with Crippen molar-refractivity contribution < 1.29 is 9.59 Å². The summed E-state index contributed by atoms with van der Waals surface area (Å²) >= 11 is 0. The van der Waals surface area contributed by atoms with Gasteiger partial charge in [-0.1, -0.05) is 30.3 Å². The van der Waals surface area contributed by atoms with E-state index in [1.54, 1.807) is 0 Å². The molecule has 1 aliphatic rings. The van der Waals surface area contributed by atoms with Crippen molar-refractivity contribution in [2.24, 2.45) is 5.11 Å². The lowest BCUT2D eigenvalue weighted by atomic mass is 10.0. The summed E-state index contributed by atoms with van der Waals surface area (Å²) < 4.78 is 0. The molecule has 1 heterocycles. The van der Waals surface area contributed by atoms with Crippen molar-refractivity contribution in [3.63, 3.8) is 0 Å². The second-order valence-electron chi connectivity index (χ2n) is 4.31. The Balaban J connectivity index is 2.03. The van der Waals surface area contributed by atoms with Crippen LogP contribution in [0.4, 0.5) is 4.79 Å². The molecule has 0 unspecified atom stereocenters. The summed E-state index contributed by atoms with van der Waals surface area (Å²) in [6, 6.07) is 8.35. The summed E-state index contributed by atoms with van der Waals surface area (Å²) in [5.41, 5.74) is 9.25. The van der Waals surface area contributed by atoms with Crippen LogP contribution in [-0.4, -0.2) is 24.0 Å². The predicted molar refractivity (Wildman–Crippen MR) is 68.2 cm³/mol. The monoisotopic (exact) mass is 259 g/mol. The average molecular weight is 259 g/mol. The maximum Gasteiger partial charge on any atom is 0.308 e. The van der Waals surface area contributed by atoms with Gasteiger partial charge < -0.3 is 10.6 Å². The van der Waals surface area contributed by atoms with Gasteiger partial charge in [-0.25, -0.2) is 0 Å². The van der Waals surface area contributed by atoms with Gasteiger partial charge in [0, 0.05) is 16.4 Å². The molecule has 0 aromatic heterocycles. The Bertz CT molecular complexity index is 524. The molecule has 1 fully saturated rings. The molecule has 0 bridgehead atoms. The Morgan fingerprint density at radius 2 is 2.21 bits per heavy atom. The van der Waals surface area contributed by atoms with Gasteiger partial charge in [0.1, 0.15) is 0 Å². The molecule has 7 heteroatoms. The topological polar surface area (TPSA) is 107 Å². The lowest BCUT2D eigenvalue weighted by Gasteiger charge is -2.19. The third-order valence-corrected chi connectivity index (χ3v) is 2.98. The Morgan fingerprint density at radius 1 is 1.47 bits per heavy atom. The van der Waals surface area contributed by atoms with Gasteiger partial charge in [-0.15, -0.1) is 0 Å². The van der Waals surface area contributed by atoms with E-state index in [0.29, 0.717) is 6.42 Å². The van der Waals surface area contributed by atoms with E-state index in [4.69, 9.17) is 5.53 Å². The van der Waals surface area contributed by atoms with Gasteiger partial charge in [0.05, 0.1) is 12.1 Å². The molecule has 0 saturated carbocycles. The molecule has 2 atom stereocenters. The van der Waals surface area contributed by atoms with Crippen molar-refractivity contribution in [3.8, 4) is 0 Å². The van der Waals surface area contributed by atoms with Crippen LogP contribution in [0.15, 0.2) is 35.4 Å². The minimum atomic E-state index is -0.762. The maximum absolute atomic E-state index is 11.4. The van der Waals surface area contributed by atoms with Gasteiger partial charge in [-0.3, -0.25) is 9.59 Å². The number of urea groups is 1. The molecule has 98 valence electrons. The third-order valence-electron chi connectivity index (χ3n) is 2.98. The van der Waals surface area contributed by atoms with Crippen molar-refractivity contribution in [1.29, 1.82) is 0 Å². The second kappa shape index (κ2) is 5.88. The van der Waals surface area contributed by atoms with Crippen molar-refractivity contribution >= 4 is 11.9 Å². The molecule has 0 aliphatic carbocycles. The van der Waals surface area contributed by atoms with Crippen LogP contribution >= 0.6 is 0 Å². The van der Waals surface area contributed by atoms with Gasteiger partial charge >= 0.3 is 6.03 Å². The maximum atomic E-state index is 11.4.